The van der Waals surface area contributed by atoms with Crippen molar-refractivity contribution >= 4 is 23.7 Å². The highest BCUT2D eigenvalue weighted by molar-refractivity contribution is 6.08. The normalized spacial score (nSPS) is 25.1. The first-order valence-electron chi connectivity index (χ1n) is 10.9. The molecule has 32 heavy (non-hydrogen) atoms. The summed E-state index contributed by atoms with van der Waals surface area (Å²) in [4.78, 5) is 29.0. The van der Waals surface area contributed by atoms with E-state index in [0.29, 0.717) is 0 Å². The van der Waals surface area contributed by atoms with Gasteiger partial charge in [-0.1, -0.05) is 60.7 Å². The molecule has 0 radical (unpaired) electrons. The van der Waals surface area contributed by atoms with E-state index in [0.717, 1.165) is 16.3 Å². The lowest BCUT2D eigenvalue weighted by atomic mass is 9.55. The molecule has 158 valence electrons. The summed E-state index contributed by atoms with van der Waals surface area (Å²) in [5.74, 6) is -1.39. The topological polar surface area (TPSA) is 53.0 Å². The van der Waals surface area contributed by atoms with Gasteiger partial charge < -0.3 is 4.90 Å². The Morgan fingerprint density at radius 2 is 1.16 bits per heavy atom. The molecule has 3 aromatic rings. The molecule has 2 amide bonds. The molecule has 3 aliphatic carbocycles. The SMILES string of the molecule is CN(C)c1ccc(/C=N\N2C(=O)[C@H]3C4c5ccccc5C(c5ccccc54)[C@@H]3C2=O)cc1. The van der Waals surface area contributed by atoms with Crippen molar-refractivity contribution in [1.29, 1.82) is 0 Å². The van der Waals surface area contributed by atoms with Gasteiger partial charge in [0.15, 0.2) is 0 Å². The van der Waals surface area contributed by atoms with Gasteiger partial charge in [-0.2, -0.15) is 10.1 Å². The molecule has 5 heteroatoms. The van der Waals surface area contributed by atoms with Crippen molar-refractivity contribution in [3.63, 3.8) is 0 Å². The number of rotatable bonds is 3. The molecule has 1 saturated heterocycles. The molecule has 0 aromatic heterocycles. The molecule has 2 atom stereocenters. The van der Waals surface area contributed by atoms with Crippen molar-refractivity contribution in [3.05, 3.63) is 101 Å². The van der Waals surface area contributed by atoms with E-state index in [-0.39, 0.29) is 23.7 Å². The van der Waals surface area contributed by atoms with E-state index in [2.05, 4.69) is 29.4 Å². The predicted molar refractivity (Wildman–Crippen MR) is 124 cm³/mol. The van der Waals surface area contributed by atoms with E-state index in [1.54, 1.807) is 6.21 Å². The van der Waals surface area contributed by atoms with Crippen LogP contribution in [0.5, 0.6) is 0 Å². The number of carbonyl (C=O) groups excluding carboxylic acids is 2. The van der Waals surface area contributed by atoms with Gasteiger partial charge in [-0.25, -0.2) is 0 Å². The van der Waals surface area contributed by atoms with Crippen LogP contribution in [0, 0.1) is 11.8 Å². The summed E-state index contributed by atoms with van der Waals surface area (Å²) in [6, 6.07) is 24.4. The van der Waals surface area contributed by atoms with Crippen LogP contribution in [0.15, 0.2) is 77.9 Å². The molecule has 1 heterocycles. The molecule has 3 aromatic carbocycles. The van der Waals surface area contributed by atoms with E-state index in [1.807, 2.05) is 67.5 Å². The Kier molecular flexibility index (Phi) is 4.09. The Hall–Kier alpha value is -3.73. The van der Waals surface area contributed by atoms with Crippen molar-refractivity contribution < 1.29 is 9.59 Å². The molecule has 4 aliphatic rings. The van der Waals surface area contributed by atoms with E-state index in [4.69, 9.17) is 0 Å². The van der Waals surface area contributed by atoms with Crippen LogP contribution in [0.1, 0.15) is 39.7 Å². The Bertz CT molecular complexity index is 1160. The van der Waals surface area contributed by atoms with Crippen LogP contribution in [-0.4, -0.2) is 37.1 Å². The Labute approximate surface area is 187 Å². The summed E-state index contributed by atoms with van der Waals surface area (Å²) in [5.41, 5.74) is 6.61. The van der Waals surface area contributed by atoms with Crippen LogP contribution in [0.3, 0.4) is 0 Å². The van der Waals surface area contributed by atoms with Crippen molar-refractivity contribution in [1.82, 2.24) is 5.01 Å². The standard InChI is InChI=1S/C27H23N3O2/c1-29(2)17-13-11-16(12-14-17)15-28-30-26(31)24-22-18-7-3-4-8-19(18)23(25(24)27(30)32)21-10-6-5-9-20(21)22/h3-15,22-25H,1-2H3/b28-15-/t22?,23?,24-,25-/m0/s1. The summed E-state index contributed by atoms with van der Waals surface area (Å²) >= 11 is 0. The molecule has 5 nitrogen and oxygen atoms in total. The van der Waals surface area contributed by atoms with Gasteiger partial charge in [0, 0.05) is 31.6 Å². The van der Waals surface area contributed by atoms with Crippen LogP contribution in [0.25, 0.3) is 0 Å². The van der Waals surface area contributed by atoms with Gasteiger partial charge in [-0.05, 0) is 39.9 Å². The molecular weight excluding hydrogens is 398 g/mol. The number of carbonyl (C=O) groups is 2. The second-order valence-corrected chi connectivity index (χ2v) is 8.98. The van der Waals surface area contributed by atoms with Gasteiger partial charge in [0.2, 0.25) is 0 Å². The fourth-order valence-electron chi connectivity index (χ4n) is 5.76. The molecule has 1 fully saturated rings. The minimum Gasteiger partial charge on any atom is -0.378 e. The van der Waals surface area contributed by atoms with E-state index >= 15 is 0 Å². The number of benzene rings is 3. The van der Waals surface area contributed by atoms with Gasteiger partial charge in [-0.15, -0.1) is 0 Å². The van der Waals surface area contributed by atoms with Gasteiger partial charge in [0.05, 0.1) is 18.1 Å². The van der Waals surface area contributed by atoms with Gasteiger partial charge in [0.1, 0.15) is 0 Å². The second-order valence-electron chi connectivity index (χ2n) is 8.98. The van der Waals surface area contributed by atoms with Crippen molar-refractivity contribution in [2.24, 2.45) is 16.9 Å². The van der Waals surface area contributed by atoms with Crippen LogP contribution in [-0.2, 0) is 9.59 Å². The van der Waals surface area contributed by atoms with Crippen LogP contribution in [0.2, 0.25) is 0 Å². The lowest BCUT2D eigenvalue weighted by molar-refractivity contribution is -0.139. The third-order valence-electron chi connectivity index (χ3n) is 7.16. The molecule has 0 spiro atoms. The fraction of sp³-hybridized carbons (Fsp3) is 0.222. The third-order valence-corrected chi connectivity index (χ3v) is 7.16. The molecule has 7 rings (SSSR count). The Balaban J connectivity index is 1.39. The largest absolute Gasteiger partial charge is 0.378 e. The average Bonchev–Trinajstić information content (AvgIpc) is 3.08. The highest BCUT2D eigenvalue weighted by Crippen LogP contribution is 2.60. The van der Waals surface area contributed by atoms with Crippen molar-refractivity contribution in [2.45, 2.75) is 11.8 Å². The lowest BCUT2D eigenvalue weighted by Crippen LogP contribution is -2.41. The number of amides is 2. The average molecular weight is 422 g/mol. The quantitative estimate of drug-likeness (QED) is 0.475. The molecule has 0 unspecified atom stereocenters. The maximum atomic E-state index is 13.5. The minimum absolute atomic E-state index is 0.103. The zero-order valence-corrected chi connectivity index (χ0v) is 18.0. The smallest absolute Gasteiger partial charge is 0.254 e. The highest BCUT2D eigenvalue weighted by atomic mass is 16.2. The van der Waals surface area contributed by atoms with Crippen LogP contribution in [0.4, 0.5) is 5.69 Å². The van der Waals surface area contributed by atoms with Crippen LogP contribution < -0.4 is 4.90 Å². The summed E-state index contributed by atoms with van der Waals surface area (Å²) in [5, 5.41) is 5.49. The second kappa shape index (κ2) is 6.89. The van der Waals surface area contributed by atoms with Gasteiger partial charge in [0.25, 0.3) is 11.8 Å². The zero-order valence-electron chi connectivity index (χ0n) is 18.0. The molecule has 0 N–H and O–H groups in total. The first-order chi connectivity index (χ1) is 15.6. The fourth-order valence-corrected chi connectivity index (χ4v) is 5.76. The summed E-state index contributed by atoms with van der Waals surface area (Å²) in [6.45, 7) is 0. The predicted octanol–water partition coefficient (Wildman–Crippen LogP) is 3.98. The Morgan fingerprint density at radius 3 is 1.56 bits per heavy atom. The summed E-state index contributed by atoms with van der Waals surface area (Å²) < 4.78 is 0. The zero-order chi connectivity index (χ0) is 22.0. The third kappa shape index (κ3) is 2.54. The highest BCUT2D eigenvalue weighted by Gasteiger charge is 2.61. The molecule has 2 bridgehead atoms. The van der Waals surface area contributed by atoms with E-state index in [9.17, 15) is 9.59 Å². The monoisotopic (exact) mass is 421 g/mol. The molecule has 1 aliphatic heterocycles. The van der Waals surface area contributed by atoms with E-state index < -0.39 is 11.8 Å². The number of hydrogen-bond donors (Lipinski definition) is 0. The summed E-state index contributed by atoms with van der Waals surface area (Å²) in [7, 11) is 3.97. The minimum atomic E-state index is -0.398. The van der Waals surface area contributed by atoms with Crippen molar-refractivity contribution in [3.8, 4) is 0 Å². The number of imide groups is 1. The van der Waals surface area contributed by atoms with Crippen molar-refractivity contribution in [2.75, 3.05) is 19.0 Å². The number of hydrogen-bond acceptors (Lipinski definition) is 4. The maximum absolute atomic E-state index is 13.5. The number of anilines is 1. The van der Waals surface area contributed by atoms with E-state index in [1.165, 1.54) is 22.3 Å². The Morgan fingerprint density at radius 1 is 0.719 bits per heavy atom. The maximum Gasteiger partial charge on any atom is 0.254 e. The summed E-state index contributed by atoms with van der Waals surface area (Å²) in [6.07, 6.45) is 1.61. The first-order valence-corrected chi connectivity index (χ1v) is 10.9. The van der Waals surface area contributed by atoms with Crippen LogP contribution >= 0.6 is 0 Å². The van der Waals surface area contributed by atoms with Gasteiger partial charge in [-0.3, -0.25) is 9.59 Å². The lowest BCUT2D eigenvalue weighted by Gasteiger charge is -2.45. The molecular formula is C27H23N3O2. The number of nitrogens with zero attached hydrogens (tertiary/aromatic N) is 3. The molecule has 0 saturated carbocycles. The first kappa shape index (κ1) is 19.0. The number of hydrazone groups is 1. The van der Waals surface area contributed by atoms with Gasteiger partial charge >= 0.3 is 0 Å².